The first-order chi connectivity index (χ1) is 16.1. The number of ketones is 1. The Bertz CT molecular complexity index is 1290. The van der Waals surface area contributed by atoms with Crippen LogP contribution in [0.4, 0.5) is 5.69 Å². The highest BCUT2D eigenvalue weighted by molar-refractivity contribution is 6.52. The highest BCUT2D eigenvalue weighted by Gasteiger charge is 2.48. The summed E-state index contributed by atoms with van der Waals surface area (Å²) in [5, 5.41) is 22.0. The molecule has 0 spiro atoms. The number of carbonyl (C=O) groups excluding carboxylic acids is 2. The maximum absolute atomic E-state index is 13.3. The van der Waals surface area contributed by atoms with Crippen molar-refractivity contribution < 1.29 is 24.5 Å². The number of carbonyl (C=O) groups is 2. The van der Waals surface area contributed by atoms with Gasteiger partial charge in [-0.25, -0.2) is 0 Å². The van der Waals surface area contributed by atoms with Gasteiger partial charge in [0, 0.05) is 12.4 Å². The van der Waals surface area contributed by atoms with E-state index in [0.717, 1.165) is 5.56 Å². The molecular weight excluding hydrogens is 432 g/mol. The van der Waals surface area contributed by atoms with E-state index in [-0.39, 0.29) is 28.2 Å². The predicted octanol–water partition coefficient (Wildman–Crippen LogP) is 4.72. The molecule has 0 saturated carbocycles. The zero-order valence-corrected chi connectivity index (χ0v) is 19.4. The van der Waals surface area contributed by atoms with Crippen LogP contribution in [0.3, 0.4) is 0 Å². The number of nitrogens with zero attached hydrogens (tertiary/aromatic N) is 2. The van der Waals surface area contributed by atoms with Gasteiger partial charge in [-0.2, -0.15) is 0 Å². The summed E-state index contributed by atoms with van der Waals surface area (Å²) in [5.74, 6) is -1.84. The maximum atomic E-state index is 13.3. The third-order valence-electron chi connectivity index (χ3n) is 5.93. The fraction of sp³-hybridized carbons (Fsp3) is 0.222. The van der Waals surface area contributed by atoms with Crippen molar-refractivity contribution in [1.29, 1.82) is 0 Å². The van der Waals surface area contributed by atoms with Crippen molar-refractivity contribution in [2.45, 2.75) is 32.2 Å². The lowest BCUT2D eigenvalue weighted by Crippen LogP contribution is -2.29. The highest BCUT2D eigenvalue weighted by atomic mass is 16.5. The van der Waals surface area contributed by atoms with E-state index in [4.69, 9.17) is 4.74 Å². The number of aromatic hydroxyl groups is 1. The number of Topliss-reactive ketones (excluding diaryl/α,β-unsaturated/α-hetero) is 1. The molecule has 1 aliphatic rings. The molecule has 1 aliphatic heterocycles. The Morgan fingerprint density at radius 3 is 2.32 bits per heavy atom. The number of pyridine rings is 1. The molecule has 34 heavy (non-hydrogen) atoms. The summed E-state index contributed by atoms with van der Waals surface area (Å²) in [7, 11) is 1.48. The Kier molecular flexibility index (Phi) is 5.87. The average molecular weight is 459 g/mol. The summed E-state index contributed by atoms with van der Waals surface area (Å²) < 4.78 is 5.47. The summed E-state index contributed by atoms with van der Waals surface area (Å²) in [6.45, 7) is 6.10. The van der Waals surface area contributed by atoms with E-state index < -0.39 is 17.7 Å². The molecular formula is C27H26N2O5. The average Bonchev–Trinajstić information content (AvgIpc) is 3.09. The maximum Gasteiger partial charge on any atom is 0.300 e. The van der Waals surface area contributed by atoms with Crippen molar-refractivity contribution in [3.8, 4) is 11.5 Å². The van der Waals surface area contributed by atoms with Crippen LogP contribution < -0.4 is 9.64 Å². The lowest BCUT2D eigenvalue weighted by atomic mass is 9.85. The number of amides is 1. The Balaban J connectivity index is 2.00. The van der Waals surface area contributed by atoms with Gasteiger partial charge in [0.05, 0.1) is 30.0 Å². The van der Waals surface area contributed by atoms with E-state index in [0.29, 0.717) is 16.9 Å². The summed E-state index contributed by atoms with van der Waals surface area (Å²) in [5.41, 5.74) is 1.64. The van der Waals surface area contributed by atoms with E-state index in [9.17, 15) is 19.8 Å². The molecule has 3 aromatic rings. The molecule has 174 valence electrons. The van der Waals surface area contributed by atoms with Crippen LogP contribution in [0.1, 0.15) is 43.5 Å². The number of anilines is 1. The van der Waals surface area contributed by atoms with Gasteiger partial charge in [-0.15, -0.1) is 0 Å². The van der Waals surface area contributed by atoms with Gasteiger partial charge in [0.2, 0.25) is 0 Å². The first-order valence-corrected chi connectivity index (χ1v) is 10.8. The number of aliphatic hydroxyl groups is 1. The lowest BCUT2D eigenvalue weighted by molar-refractivity contribution is -0.132. The molecule has 1 aromatic heterocycles. The predicted molar refractivity (Wildman–Crippen MR) is 129 cm³/mol. The second kappa shape index (κ2) is 8.67. The van der Waals surface area contributed by atoms with Gasteiger partial charge in [0.15, 0.2) is 0 Å². The van der Waals surface area contributed by atoms with Crippen LogP contribution in [-0.2, 0) is 15.0 Å². The molecule has 2 aromatic carbocycles. The molecule has 1 saturated heterocycles. The van der Waals surface area contributed by atoms with Crippen molar-refractivity contribution in [2.75, 3.05) is 12.0 Å². The quantitative estimate of drug-likeness (QED) is 0.333. The van der Waals surface area contributed by atoms with Crippen molar-refractivity contribution >= 4 is 23.1 Å². The fourth-order valence-corrected chi connectivity index (χ4v) is 4.11. The molecule has 0 aliphatic carbocycles. The molecule has 1 unspecified atom stereocenters. The smallest absolute Gasteiger partial charge is 0.300 e. The van der Waals surface area contributed by atoms with Gasteiger partial charge >= 0.3 is 0 Å². The van der Waals surface area contributed by atoms with Crippen LogP contribution in [0, 0.1) is 0 Å². The third-order valence-corrected chi connectivity index (χ3v) is 5.93. The largest absolute Gasteiger partial charge is 0.507 e. The minimum Gasteiger partial charge on any atom is -0.507 e. The molecule has 7 nitrogen and oxygen atoms in total. The summed E-state index contributed by atoms with van der Waals surface area (Å²) in [4.78, 5) is 31.8. The second-order valence-electron chi connectivity index (χ2n) is 9.10. The number of phenols is 1. The number of para-hydroxylation sites is 2. The van der Waals surface area contributed by atoms with E-state index >= 15 is 0 Å². The van der Waals surface area contributed by atoms with E-state index in [1.807, 2.05) is 26.8 Å². The molecule has 0 radical (unpaired) electrons. The molecule has 0 bridgehead atoms. The zero-order chi connectivity index (χ0) is 24.6. The Morgan fingerprint density at radius 1 is 1.03 bits per heavy atom. The number of phenolic OH excluding ortho intramolecular Hbond substituents is 1. The van der Waals surface area contributed by atoms with Gasteiger partial charge in [0.1, 0.15) is 17.3 Å². The van der Waals surface area contributed by atoms with Gasteiger partial charge < -0.3 is 14.9 Å². The molecule has 2 N–H and O–H groups in total. The van der Waals surface area contributed by atoms with E-state index in [1.165, 1.54) is 18.1 Å². The Morgan fingerprint density at radius 2 is 1.71 bits per heavy atom. The summed E-state index contributed by atoms with van der Waals surface area (Å²) in [6.07, 6.45) is 3.09. The van der Waals surface area contributed by atoms with Gasteiger partial charge in [-0.3, -0.25) is 19.5 Å². The van der Waals surface area contributed by atoms with Crippen LogP contribution >= 0.6 is 0 Å². The topological polar surface area (TPSA) is 100.0 Å². The third kappa shape index (κ3) is 3.90. The van der Waals surface area contributed by atoms with Crippen molar-refractivity contribution in [3.63, 3.8) is 0 Å². The van der Waals surface area contributed by atoms with Gasteiger partial charge in [0.25, 0.3) is 11.7 Å². The van der Waals surface area contributed by atoms with Crippen LogP contribution in [0.25, 0.3) is 5.76 Å². The molecule has 2 heterocycles. The van der Waals surface area contributed by atoms with Crippen LogP contribution in [0.15, 0.2) is 72.6 Å². The first kappa shape index (κ1) is 23.0. The number of aliphatic hydroxyl groups excluding tert-OH is 1. The normalized spacial score (nSPS) is 17.8. The molecule has 7 heteroatoms. The van der Waals surface area contributed by atoms with Crippen LogP contribution in [0.5, 0.6) is 11.5 Å². The highest BCUT2D eigenvalue weighted by Crippen LogP contribution is 2.45. The monoisotopic (exact) mass is 458 g/mol. The zero-order valence-electron chi connectivity index (χ0n) is 19.4. The number of benzene rings is 2. The minimum atomic E-state index is -0.973. The minimum absolute atomic E-state index is 0.0937. The van der Waals surface area contributed by atoms with Gasteiger partial charge in [-0.05, 0) is 52.9 Å². The standard InChI is InChI=1S/C27H26N2O5/c1-27(2,3)17-9-10-21(34-4)18(15-17)24(31)22-23(16-11-13-28-14-12-16)29(26(33)25(22)32)19-7-5-6-8-20(19)30/h5-15,23,30-31H,1-4H3/b24-22+. The molecule has 4 rings (SSSR count). The number of rotatable bonds is 4. The number of hydrogen-bond donors (Lipinski definition) is 2. The molecule has 1 fully saturated rings. The Labute approximate surface area is 198 Å². The second-order valence-corrected chi connectivity index (χ2v) is 9.10. The van der Waals surface area contributed by atoms with Crippen LogP contribution in [0.2, 0.25) is 0 Å². The first-order valence-electron chi connectivity index (χ1n) is 10.8. The van der Waals surface area contributed by atoms with Gasteiger partial charge in [-0.1, -0.05) is 39.0 Å². The number of ether oxygens (including phenoxy) is 1. The van der Waals surface area contributed by atoms with Crippen molar-refractivity contribution in [2.24, 2.45) is 0 Å². The lowest BCUT2D eigenvalue weighted by Gasteiger charge is -2.26. The summed E-state index contributed by atoms with van der Waals surface area (Å²) in [6, 6.07) is 14.0. The Hall–Kier alpha value is -4.13. The van der Waals surface area contributed by atoms with Crippen molar-refractivity contribution in [3.05, 3.63) is 89.3 Å². The number of aromatic nitrogens is 1. The number of hydrogen-bond acceptors (Lipinski definition) is 6. The van der Waals surface area contributed by atoms with E-state index in [1.54, 1.807) is 54.9 Å². The SMILES string of the molecule is COc1ccc(C(C)(C)C)cc1/C(O)=C1\C(=O)C(=O)N(c2ccccc2O)C1c1ccncc1. The summed E-state index contributed by atoms with van der Waals surface area (Å²) >= 11 is 0. The number of methoxy groups -OCH3 is 1. The van der Waals surface area contributed by atoms with Crippen LogP contribution in [-0.4, -0.2) is 34.0 Å². The molecule has 1 amide bonds. The van der Waals surface area contributed by atoms with E-state index in [2.05, 4.69) is 4.98 Å². The molecule has 1 atom stereocenters. The van der Waals surface area contributed by atoms with Crippen molar-refractivity contribution in [1.82, 2.24) is 4.98 Å². The fourth-order valence-electron chi connectivity index (χ4n) is 4.11.